The molecule has 4 rings (SSSR count). The third-order valence-corrected chi connectivity index (χ3v) is 6.15. The lowest BCUT2D eigenvalue weighted by Gasteiger charge is -2.32. The highest BCUT2D eigenvalue weighted by Crippen LogP contribution is 2.21. The van der Waals surface area contributed by atoms with Crippen LogP contribution in [0, 0.1) is 12.8 Å². The number of carbonyl (C=O) groups is 1. The Kier molecular flexibility index (Phi) is 5.80. The van der Waals surface area contributed by atoms with Gasteiger partial charge in [0.05, 0.1) is 17.1 Å². The number of nitrogens with zero attached hydrogens (tertiary/aromatic N) is 5. The molecule has 3 aromatic rings. The maximum atomic E-state index is 12.5. The van der Waals surface area contributed by atoms with Gasteiger partial charge >= 0.3 is 0 Å². The molecule has 0 aliphatic carbocycles. The zero-order valence-corrected chi connectivity index (χ0v) is 17.1. The first-order valence-corrected chi connectivity index (χ1v) is 10.6. The summed E-state index contributed by atoms with van der Waals surface area (Å²) in [5.41, 5.74) is 1.61. The Balaban J connectivity index is 1.36. The molecule has 1 amide bonds. The van der Waals surface area contributed by atoms with Gasteiger partial charge in [-0.2, -0.15) is 5.10 Å². The molecule has 8 heteroatoms. The lowest BCUT2D eigenvalue weighted by Crippen LogP contribution is -2.40. The molecule has 1 aliphatic rings. The van der Waals surface area contributed by atoms with E-state index in [-0.39, 0.29) is 11.5 Å². The van der Waals surface area contributed by atoms with E-state index >= 15 is 0 Å². The maximum Gasteiger partial charge on any atom is 0.266 e. The molecule has 3 aromatic heterocycles. The summed E-state index contributed by atoms with van der Waals surface area (Å²) in [6.45, 7) is 3.97. The third-order valence-electron chi connectivity index (χ3n) is 5.24. The van der Waals surface area contributed by atoms with Gasteiger partial charge in [-0.15, -0.1) is 11.3 Å². The van der Waals surface area contributed by atoms with Gasteiger partial charge < -0.3 is 4.90 Å². The molecule has 0 unspecified atom stereocenters. The Bertz CT molecular complexity index is 1040. The molecule has 0 saturated carbocycles. The average Bonchev–Trinajstić information content (AvgIpc) is 3.15. The average molecular weight is 410 g/mol. The Morgan fingerprint density at radius 1 is 1.17 bits per heavy atom. The van der Waals surface area contributed by atoms with Crippen LogP contribution in [0.1, 0.15) is 22.7 Å². The number of thiazole rings is 1. The topological polar surface area (TPSA) is 81.0 Å². The number of likely N-dealkylation sites (tertiary alicyclic amines) is 1. The molecule has 1 fully saturated rings. The molecule has 4 heterocycles. The molecular formula is C21H23N5O2S. The number of aromatic nitrogens is 4. The molecule has 0 bridgehead atoms. The first kappa shape index (κ1) is 19.4. The van der Waals surface area contributed by atoms with Crippen molar-refractivity contribution >= 4 is 17.2 Å². The molecule has 1 saturated heterocycles. The van der Waals surface area contributed by atoms with E-state index in [1.807, 2.05) is 24.0 Å². The number of piperidine rings is 1. The molecule has 1 aliphatic heterocycles. The Morgan fingerprint density at radius 3 is 2.62 bits per heavy atom. The summed E-state index contributed by atoms with van der Waals surface area (Å²) in [5.74, 6) is 0.490. The van der Waals surface area contributed by atoms with Crippen molar-refractivity contribution in [3.05, 3.63) is 63.1 Å². The van der Waals surface area contributed by atoms with Gasteiger partial charge in [0.2, 0.25) is 5.91 Å². The number of hydrogen-bond donors (Lipinski definition) is 0. The SMILES string of the molecule is Cc1ncc(CC(=O)N2CCC(Cn3nc(-c4ccncc4)ccc3=O)CC2)s1. The van der Waals surface area contributed by atoms with Gasteiger partial charge in [-0.05, 0) is 43.9 Å². The van der Waals surface area contributed by atoms with E-state index in [9.17, 15) is 9.59 Å². The van der Waals surface area contributed by atoms with E-state index in [4.69, 9.17) is 0 Å². The highest BCUT2D eigenvalue weighted by Gasteiger charge is 2.24. The van der Waals surface area contributed by atoms with Gasteiger partial charge in [0.15, 0.2) is 0 Å². The smallest absolute Gasteiger partial charge is 0.266 e. The van der Waals surface area contributed by atoms with E-state index in [0.717, 1.165) is 47.1 Å². The normalized spacial score (nSPS) is 14.9. The van der Waals surface area contributed by atoms with Crippen molar-refractivity contribution in [2.24, 2.45) is 5.92 Å². The predicted octanol–water partition coefficient (Wildman–Crippen LogP) is 2.55. The van der Waals surface area contributed by atoms with Crippen LogP contribution in [0.15, 0.2) is 47.7 Å². The van der Waals surface area contributed by atoms with Gasteiger partial charge in [-0.3, -0.25) is 14.6 Å². The van der Waals surface area contributed by atoms with E-state index < -0.39 is 0 Å². The predicted molar refractivity (Wildman–Crippen MR) is 112 cm³/mol. The molecule has 0 atom stereocenters. The number of carbonyl (C=O) groups excluding carboxylic acids is 1. The van der Waals surface area contributed by atoms with Crippen LogP contribution in [0.5, 0.6) is 0 Å². The molecule has 0 aromatic carbocycles. The second kappa shape index (κ2) is 8.65. The van der Waals surface area contributed by atoms with Crippen LogP contribution in [0.2, 0.25) is 0 Å². The summed E-state index contributed by atoms with van der Waals surface area (Å²) in [4.78, 5) is 36.0. The van der Waals surface area contributed by atoms with E-state index in [0.29, 0.717) is 18.9 Å². The molecule has 0 radical (unpaired) electrons. The van der Waals surface area contributed by atoms with Gasteiger partial charge in [0.1, 0.15) is 0 Å². The zero-order valence-electron chi connectivity index (χ0n) is 16.3. The van der Waals surface area contributed by atoms with Crippen LogP contribution < -0.4 is 5.56 Å². The van der Waals surface area contributed by atoms with E-state index in [1.54, 1.807) is 46.7 Å². The van der Waals surface area contributed by atoms with Crippen LogP contribution in [-0.4, -0.2) is 43.6 Å². The second-order valence-corrected chi connectivity index (χ2v) is 8.64. The van der Waals surface area contributed by atoms with Crippen molar-refractivity contribution in [2.75, 3.05) is 13.1 Å². The highest BCUT2D eigenvalue weighted by atomic mass is 32.1. The summed E-state index contributed by atoms with van der Waals surface area (Å²) < 4.78 is 1.55. The fourth-order valence-corrected chi connectivity index (χ4v) is 4.40. The van der Waals surface area contributed by atoms with Crippen LogP contribution in [0.3, 0.4) is 0 Å². The van der Waals surface area contributed by atoms with Crippen LogP contribution in [0.25, 0.3) is 11.3 Å². The lowest BCUT2D eigenvalue weighted by atomic mass is 9.96. The van der Waals surface area contributed by atoms with E-state index in [2.05, 4.69) is 15.1 Å². The number of hydrogen-bond acceptors (Lipinski definition) is 6. The number of rotatable bonds is 5. The highest BCUT2D eigenvalue weighted by molar-refractivity contribution is 7.11. The fourth-order valence-electron chi connectivity index (χ4n) is 3.61. The minimum absolute atomic E-state index is 0.0955. The van der Waals surface area contributed by atoms with Crippen molar-refractivity contribution in [1.82, 2.24) is 24.6 Å². The van der Waals surface area contributed by atoms with Crippen molar-refractivity contribution in [3.8, 4) is 11.3 Å². The largest absolute Gasteiger partial charge is 0.342 e. The first-order chi connectivity index (χ1) is 14.1. The Hall–Kier alpha value is -2.87. The second-order valence-electron chi connectivity index (χ2n) is 7.32. The number of amides is 1. The summed E-state index contributed by atoms with van der Waals surface area (Å²) in [7, 11) is 0. The van der Waals surface area contributed by atoms with E-state index in [1.165, 1.54) is 0 Å². The minimum Gasteiger partial charge on any atom is -0.342 e. The van der Waals surface area contributed by atoms with Crippen molar-refractivity contribution in [2.45, 2.75) is 32.7 Å². The molecule has 7 nitrogen and oxygen atoms in total. The van der Waals surface area contributed by atoms with Crippen molar-refractivity contribution in [1.29, 1.82) is 0 Å². The summed E-state index contributed by atoms with van der Waals surface area (Å²) in [6, 6.07) is 7.08. The quantitative estimate of drug-likeness (QED) is 0.647. The van der Waals surface area contributed by atoms with Crippen LogP contribution in [0.4, 0.5) is 0 Å². The van der Waals surface area contributed by atoms with Gasteiger partial charge in [-0.1, -0.05) is 0 Å². The van der Waals surface area contributed by atoms with Gasteiger partial charge in [0, 0.05) is 54.7 Å². The van der Waals surface area contributed by atoms with Crippen molar-refractivity contribution < 1.29 is 4.79 Å². The number of aryl methyl sites for hydroxylation is 1. The van der Waals surface area contributed by atoms with Crippen molar-refractivity contribution in [3.63, 3.8) is 0 Å². The Labute approximate surface area is 173 Å². The molecule has 0 N–H and O–H groups in total. The third kappa shape index (κ3) is 4.76. The molecule has 150 valence electrons. The lowest BCUT2D eigenvalue weighted by molar-refractivity contribution is -0.131. The summed E-state index contributed by atoms with van der Waals surface area (Å²) in [5, 5.41) is 5.52. The van der Waals surface area contributed by atoms with Gasteiger partial charge in [-0.25, -0.2) is 9.67 Å². The maximum absolute atomic E-state index is 12.5. The fraction of sp³-hybridized carbons (Fsp3) is 0.381. The molecule has 29 heavy (non-hydrogen) atoms. The first-order valence-electron chi connectivity index (χ1n) is 9.76. The summed E-state index contributed by atoms with van der Waals surface area (Å²) in [6.07, 6.45) is 7.39. The van der Waals surface area contributed by atoms with Crippen LogP contribution >= 0.6 is 11.3 Å². The number of pyridine rings is 1. The van der Waals surface area contributed by atoms with Crippen LogP contribution in [-0.2, 0) is 17.8 Å². The Morgan fingerprint density at radius 2 is 1.93 bits per heavy atom. The standard InChI is InChI=1S/C21H23N5O2S/c1-15-23-13-18(29-15)12-21(28)25-10-6-16(7-11-25)14-26-20(27)3-2-19(24-26)17-4-8-22-9-5-17/h2-5,8-9,13,16H,6-7,10-12,14H2,1H3. The monoisotopic (exact) mass is 409 g/mol. The summed E-state index contributed by atoms with van der Waals surface area (Å²) >= 11 is 1.57. The zero-order chi connectivity index (χ0) is 20.2. The van der Waals surface area contributed by atoms with Gasteiger partial charge in [0.25, 0.3) is 5.56 Å². The molecular weight excluding hydrogens is 386 g/mol. The minimum atomic E-state index is -0.0955. The molecule has 0 spiro atoms.